The summed E-state index contributed by atoms with van der Waals surface area (Å²) in [4.78, 5) is 15.0. The fraction of sp³-hybridized carbons (Fsp3) is 0.261. The first-order valence-corrected chi connectivity index (χ1v) is 9.41. The number of aryl methyl sites for hydroxylation is 2. The van der Waals surface area contributed by atoms with E-state index >= 15 is 0 Å². The van der Waals surface area contributed by atoms with Crippen molar-refractivity contribution in [3.05, 3.63) is 94.9 Å². The Hall–Kier alpha value is -3.01. The van der Waals surface area contributed by atoms with E-state index in [4.69, 9.17) is 4.42 Å². The van der Waals surface area contributed by atoms with Crippen molar-refractivity contribution >= 4 is 6.03 Å². The highest BCUT2D eigenvalue weighted by Gasteiger charge is 2.31. The highest BCUT2D eigenvalue weighted by Crippen LogP contribution is 2.36. The molecule has 1 heterocycles. The van der Waals surface area contributed by atoms with Crippen molar-refractivity contribution < 1.29 is 9.21 Å². The quantitative estimate of drug-likeness (QED) is 0.697. The second kappa shape index (κ2) is 7.70. The number of hydrogen-bond acceptors (Lipinski definition) is 2. The van der Waals surface area contributed by atoms with E-state index in [9.17, 15) is 4.79 Å². The number of nitrogens with one attached hydrogen (secondary N) is 1. The summed E-state index contributed by atoms with van der Waals surface area (Å²) in [6, 6.07) is 20.6. The lowest BCUT2D eigenvalue weighted by atomic mass is 10.1. The molecule has 1 atom stereocenters. The molecule has 1 aliphatic carbocycles. The van der Waals surface area contributed by atoms with Crippen LogP contribution in [-0.4, -0.2) is 10.9 Å². The maximum Gasteiger partial charge on any atom is 0.318 e. The minimum absolute atomic E-state index is 0.0614. The smallest absolute Gasteiger partial charge is 0.318 e. The van der Waals surface area contributed by atoms with E-state index in [1.807, 2.05) is 17.0 Å². The lowest BCUT2D eigenvalue weighted by molar-refractivity contribution is 0.169. The van der Waals surface area contributed by atoms with Crippen LogP contribution in [0.5, 0.6) is 0 Å². The number of hydrogen-bond donors (Lipinski definition) is 1. The molecule has 1 aliphatic rings. The Balaban J connectivity index is 1.56. The topological polar surface area (TPSA) is 45.5 Å². The summed E-state index contributed by atoms with van der Waals surface area (Å²) >= 11 is 0. The molecule has 3 aromatic rings. The minimum Gasteiger partial charge on any atom is -0.467 e. The second-order valence-corrected chi connectivity index (χ2v) is 7.10. The van der Waals surface area contributed by atoms with Gasteiger partial charge in [-0.25, -0.2) is 4.79 Å². The van der Waals surface area contributed by atoms with Gasteiger partial charge >= 0.3 is 6.03 Å². The van der Waals surface area contributed by atoms with Gasteiger partial charge in [0.2, 0.25) is 0 Å². The summed E-state index contributed by atoms with van der Waals surface area (Å²) < 4.78 is 5.34. The molecule has 4 rings (SSSR count). The molecule has 0 radical (unpaired) electrons. The van der Waals surface area contributed by atoms with Gasteiger partial charge in [0.05, 0.1) is 18.8 Å². The number of urea groups is 1. The van der Waals surface area contributed by atoms with Crippen molar-refractivity contribution in [1.29, 1.82) is 0 Å². The summed E-state index contributed by atoms with van der Waals surface area (Å²) in [6.45, 7) is 3.05. The molecule has 27 heavy (non-hydrogen) atoms. The number of benzene rings is 2. The molecule has 4 heteroatoms. The van der Waals surface area contributed by atoms with Crippen LogP contribution in [0.15, 0.2) is 71.3 Å². The Labute approximate surface area is 159 Å². The highest BCUT2D eigenvalue weighted by molar-refractivity contribution is 5.75. The normalized spacial score (nSPS) is 15.4. The first-order valence-electron chi connectivity index (χ1n) is 9.41. The number of carbonyl (C=O) groups is 1. The molecule has 0 bridgehead atoms. The van der Waals surface area contributed by atoms with Gasteiger partial charge in [-0.2, -0.15) is 0 Å². The number of furan rings is 1. The SMILES string of the molecule is Cc1ccc(CN(C(=O)NCc2ccco2)[C@@H]2CCc3ccccc32)cc1. The Bertz CT molecular complexity index is 900. The van der Waals surface area contributed by atoms with Gasteiger partial charge in [-0.3, -0.25) is 0 Å². The number of amides is 2. The van der Waals surface area contributed by atoms with E-state index in [0.29, 0.717) is 13.1 Å². The monoisotopic (exact) mass is 360 g/mol. The van der Waals surface area contributed by atoms with E-state index < -0.39 is 0 Å². The molecule has 2 amide bonds. The average molecular weight is 360 g/mol. The second-order valence-electron chi connectivity index (χ2n) is 7.10. The zero-order valence-corrected chi connectivity index (χ0v) is 15.5. The lowest BCUT2D eigenvalue weighted by Crippen LogP contribution is -2.41. The molecule has 0 fully saturated rings. The van der Waals surface area contributed by atoms with Crippen LogP contribution < -0.4 is 5.32 Å². The molecule has 1 aromatic heterocycles. The molecule has 0 saturated carbocycles. The summed E-state index contributed by atoms with van der Waals surface area (Å²) in [5.74, 6) is 0.755. The molecule has 0 saturated heterocycles. The van der Waals surface area contributed by atoms with E-state index in [0.717, 1.165) is 24.2 Å². The minimum atomic E-state index is -0.0614. The van der Waals surface area contributed by atoms with Gasteiger partial charge in [0.25, 0.3) is 0 Å². The first-order chi connectivity index (χ1) is 13.2. The first kappa shape index (κ1) is 17.4. The highest BCUT2D eigenvalue weighted by atomic mass is 16.3. The fourth-order valence-electron chi connectivity index (χ4n) is 3.75. The predicted octanol–water partition coefficient (Wildman–Crippen LogP) is 4.99. The van der Waals surface area contributed by atoms with Crippen LogP contribution >= 0.6 is 0 Å². The number of carbonyl (C=O) groups excluding carboxylic acids is 1. The Morgan fingerprint density at radius 3 is 2.70 bits per heavy atom. The van der Waals surface area contributed by atoms with E-state index in [1.54, 1.807) is 6.26 Å². The van der Waals surface area contributed by atoms with Crippen LogP contribution in [0.4, 0.5) is 4.79 Å². The number of nitrogens with zero attached hydrogens (tertiary/aromatic N) is 1. The number of rotatable bonds is 5. The van der Waals surface area contributed by atoms with Gasteiger partial charge in [-0.05, 0) is 48.6 Å². The van der Waals surface area contributed by atoms with E-state index in [-0.39, 0.29) is 12.1 Å². The maximum atomic E-state index is 13.1. The van der Waals surface area contributed by atoms with Crippen LogP contribution in [0.1, 0.15) is 40.5 Å². The summed E-state index contributed by atoms with van der Waals surface area (Å²) in [7, 11) is 0. The molecule has 2 aromatic carbocycles. The summed E-state index contributed by atoms with van der Waals surface area (Å²) in [5, 5.41) is 3.02. The van der Waals surface area contributed by atoms with Gasteiger partial charge in [0.1, 0.15) is 5.76 Å². The average Bonchev–Trinajstić information content (AvgIpc) is 3.35. The van der Waals surface area contributed by atoms with Gasteiger partial charge < -0.3 is 14.6 Å². The fourth-order valence-corrected chi connectivity index (χ4v) is 3.75. The molecule has 0 aliphatic heterocycles. The van der Waals surface area contributed by atoms with Crippen molar-refractivity contribution in [1.82, 2.24) is 10.2 Å². The third-order valence-corrected chi connectivity index (χ3v) is 5.21. The van der Waals surface area contributed by atoms with Gasteiger partial charge in [0.15, 0.2) is 0 Å². The van der Waals surface area contributed by atoms with Crippen molar-refractivity contribution in [2.24, 2.45) is 0 Å². The Morgan fingerprint density at radius 1 is 1.11 bits per heavy atom. The molecule has 1 N–H and O–H groups in total. The zero-order valence-electron chi connectivity index (χ0n) is 15.5. The van der Waals surface area contributed by atoms with Gasteiger partial charge in [0, 0.05) is 6.54 Å². The predicted molar refractivity (Wildman–Crippen MR) is 105 cm³/mol. The van der Waals surface area contributed by atoms with Crippen molar-refractivity contribution in [3.8, 4) is 0 Å². The van der Waals surface area contributed by atoms with Crippen LogP contribution in [0.25, 0.3) is 0 Å². The molecule has 138 valence electrons. The van der Waals surface area contributed by atoms with Crippen LogP contribution in [0.3, 0.4) is 0 Å². The zero-order chi connectivity index (χ0) is 18.6. The Kier molecular flexibility index (Phi) is 4.97. The van der Waals surface area contributed by atoms with Crippen molar-refractivity contribution in [2.45, 2.75) is 38.9 Å². The molecular weight excluding hydrogens is 336 g/mol. The lowest BCUT2D eigenvalue weighted by Gasteiger charge is -2.30. The Morgan fingerprint density at radius 2 is 1.93 bits per heavy atom. The standard InChI is InChI=1S/C23H24N2O2/c1-17-8-10-18(11-9-17)16-25(23(26)24-15-20-6-4-14-27-20)22-13-12-19-5-2-3-7-21(19)22/h2-11,14,22H,12-13,15-16H2,1H3,(H,24,26)/t22-/m1/s1. The van der Waals surface area contributed by atoms with Gasteiger partial charge in [-0.1, -0.05) is 54.1 Å². The van der Waals surface area contributed by atoms with E-state index in [1.165, 1.54) is 16.7 Å². The van der Waals surface area contributed by atoms with Crippen LogP contribution in [0, 0.1) is 6.92 Å². The van der Waals surface area contributed by atoms with E-state index in [2.05, 4.69) is 60.8 Å². The molecule has 0 spiro atoms. The molecule has 4 nitrogen and oxygen atoms in total. The third kappa shape index (κ3) is 3.90. The molecule has 0 unspecified atom stereocenters. The summed E-state index contributed by atoms with van der Waals surface area (Å²) in [6.07, 6.45) is 3.59. The van der Waals surface area contributed by atoms with Gasteiger partial charge in [-0.15, -0.1) is 0 Å². The van der Waals surface area contributed by atoms with Crippen LogP contribution in [-0.2, 0) is 19.5 Å². The largest absolute Gasteiger partial charge is 0.467 e. The third-order valence-electron chi connectivity index (χ3n) is 5.21. The van der Waals surface area contributed by atoms with Crippen molar-refractivity contribution in [3.63, 3.8) is 0 Å². The summed E-state index contributed by atoms with van der Waals surface area (Å²) in [5.41, 5.74) is 4.96. The van der Waals surface area contributed by atoms with Crippen molar-refractivity contribution in [2.75, 3.05) is 0 Å². The molecular formula is C23H24N2O2. The van der Waals surface area contributed by atoms with Crippen LogP contribution in [0.2, 0.25) is 0 Å². The number of fused-ring (bicyclic) bond motifs is 1. The maximum absolute atomic E-state index is 13.1.